The molecule has 1 aliphatic carbocycles. The van der Waals surface area contributed by atoms with Crippen LogP contribution in [0.4, 0.5) is 0 Å². The number of ether oxygens (including phenoxy) is 1. The molecule has 0 aliphatic heterocycles. The Morgan fingerprint density at radius 2 is 2.08 bits per heavy atom. The lowest BCUT2D eigenvalue weighted by atomic mass is 9.97. The second kappa shape index (κ2) is 3.48. The van der Waals surface area contributed by atoms with Crippen LogP contribution in [0.5, 0.6) is 0 Å². The number of rotatable bonds is 1. The van der Waals surface area contributed by atoms with Gasteiger partial charge in [0, 0.05) is 6.42 Å². The maximum absolute atomic E-state index is 11.4. The lowest BCUT2D eigenvalue weighted by Crippen LogP contribution is -2.30. The zero-order valence-corrected chi connectivity index (χ0v) is 8.42. The van der Waals surface area contributed by atoms with E-state index in [-0.39, 0.29) is 11.8 Å². The molecule has 0 aromatic carbocycles. The minimum Gasteiger partial charge on any atom is -0.454 e. The summed E-state index contributed by atoms with van der Waals surface area (Å²) in [4.78, 5) is 22.6. The lowest BCUT2D eigenvalue weighted by molar-refractivity contribution is -0.161. The summed E-state index contributed by atoms with van der Waals surface area (Å²) in [7, 11) is 0. The van der Waals surface area contributed by atoms with Crippen molar-refractivity contribution < 1.29 is 14.3 Å². The smallest absolute Gasteiger partial charge is 0.311 e. The fourth-order valence-corrected chi connectivity index (χ4v) is 1.21. The number of carbonyl (C=O) groups is 2. The highest BCUT2D eigenvalue weighted by Crippen LogP contribution is 2.22. The fourth-order valence-electron chi connectivity index (χ4n) is 1.21. The van der Waals surface area contributed by atoms with Crippen molar-refractivity contribution in [1.29, 1.82) is 0 Å². The van der Waals surface area contributed by atoms with Gasteiger partial charge in [0.2, 0.25) is 0 Å². The maximum atomic E-state index is 11.4. The molecule has 1 unspecified atom stereocenters. The molecular formula is C10H16O3. The molecule has 0 bridgehead atoms. The summed E-state index contributed by atoms with van der Waals surface area (Å²) in [5, 5.41) is 0. The molecule has 0 aromatic rings. The van der Waals surface area contributed by atoms with Crippen molar-refractivity contribution in [2.45, 2.75) is 46.1 Å². The van der Waals surface area contributed by atoms with Crippen molar-refractivity contribution in [3.8, 4) is 0 Å². The number of esters is 1. The molecule has 1 atom stereocenters. The molecule has 0 N–H and O–H groups in total. The maximum Gasteiger partial charge on any atom is 0.311 e. The summed E-state index contributed by atoms with van der Waals surface area (Å²) in [5.74, 6) is -0.217. The van der Waals surface area contributed by atoms with Gasteiger partial charge in [0.05, 0.1) is 5.41 Å². The van der Waals surface area contributed by atoms with E-state index >= 15 is 0 Å². The van der Waals surface area contributed by atoms with Gasteiger partial charge in [-0.15, -0.1) is 0 Å². The third kappa shape index (κ3) is 2.54. The highest BCUT2D eigenvalue weighted by molar-refractivity contribution is 5.88. The van der Waals surface area contributed by atoms with E-state index in [1.165, 1.54) is 0 Å². The first-order chi connectivity index (χ1) is 5.91. The zero-order valence-electron chi connectivity index (χ0n) is 8.42. The van der Waals surface area contributed by atoms with Gasteiger partial charge in [0.1, 0.15) is 0 Å². The second-order valence-corrected chi connectivity index (χ2v) is 4.50. The number of carbonyl (C=O) groups excluding carboxylic acids is 2. The monoisotopic (exact) mass is 184 g/mol. The molecule has 0 spiro atoms. The van der Waals surface area contributed by atoms with Gasteiger partial charge >= 0.3 is 5.97 Å². The molecule has 0 amide bonds. The Kier molecular flexibility index (Phi) is 2.74. The van der Waals surface area contributed by atoms with Crippen molar-refractivity contribution in [2.24, 2.45) is 5.41 Å². The van der Waals surface area contributed by atoms with Crippen LogP contribution in [-0.2, 0) is 14.3 Å². The van der Waals surface area contributed by atoms with Crippen LogP contribution in [0.3, 0.4) is 0 Å². The molecule has 0 saturated heterocycles. The van der Waals surface area contributed by atoms with Gasteiger partial charge in [0.15, 0.2) is 11.9 Å². The van der Waals surface area contributed by atoms with Crippen molar-refractivity contribution in [2.75, 3.05) is 0 Å². The standard InChI is InChI=1S/C10H16O3/c1-10(2,3)9(12)13-8-6-4-5-7(8)11/h8H,4-6H2,1-3H3. The first-order valence-electron chi connectivity index (χ1n) is 4.65. The van der Waals surface area contributed by atoms with E-state index in [4.69, 9.17) is 4.74 Å². The van der Waals surface area contributed by atoms with E-state index in [1.54, 1.807) is 20.8 Å². The molecule has 1 fully saturated rings. The average Bonchev–Trinajstić information content (AvgIpc) is 2.34. The van der Waals surface area contributed by atoms with Crippen LogP contribution in [0.1, 0.15) is 40.0 Å². The highest BCUT2D eigenvalue weighted by atomic mass is 16.5. The second-order valence-electron chi connectivity index (χ2n) is 4.50. The predicted octanol–water partition coefficient (Wildman–Crippen LogP) is 1.70. The van der Waals surface area contributed by atoms with Gasteiger partial charge < -0.3 is 4.74 Å². The third-order valence-corrected chi connectivity index (χ3v) is 2.11. The Morgan fingerprint density at radius 1 is 1.46 bits per heavy atom. The molecular weight excluding hydrogens is 168 g/mol. The Morgan fingerprint density at radius 3 is 2.46 bits per heavy atom. The molecule has 1 saturated carbocycles. The number of hydrogen-bond donors (Lipinski definition) is 0. The molecule has 3 heteroatoms. The predicted molar refractivity (Wildman–Crippen MR) is 48.2 cm³/mol. The molecule has 0 heterocycles. The first kappa shape index (κ1) is 10.2. The van der Waals surface area contributed by atoms with Gasteiger partial charge in [-0.05, 0) is 33.6 Å². The summed E-state index contributed by atoms with van der Waals surface area (Å²) >= 11 is 0. The molecule has 1 aliphatic rings. The van der Waals surface area contributed by atoms with Gasteiger partial charge in [-0.1, -0.05) is 0 Å². The Labute approximate surface area is 78.5 Å². The van der Waals surface area contributed by atoms with Crippen molar-refractivity contribution in [3.05, 3.63) is 0 Å². The fraction of sp³-hybridized carbons (Fsp3) is 0.800. The van der Waals surface area contributed by atoms with Gasteiger partial charge in [-0.2, -0.15) is 0 Å². The van der Waals surface area contributed by atoms with Crippen LogP contribution >= 0.6 is 0 Å². The topological polar surface area (TPSA) is 43.4 Å². The van der Waals surface area contributed by atoms with Crippen LogP contribution in [0.2, 0.25) is 0 Å². The summed E-state index contributed by atoms with van der Waals surface area (Å²) in [5.41, 5.74) is -0.511. The Balaban J connectivity index is 2.49. The number of ketones is 1. The summed E-state index contributed by atoms with van der Waals surface area (Å²) in [6.45, 7) is 5.36. The summed E-state index contributed by atoms with van der Waals surface area (Å²) in [6.07, 6.45) is 1.63. The molecule has 13 heavy (non-hydrogen) atoms. The molecule has 3 nitrogen and oxygen atoms in total. The minimum atomic E-state index is -0.511. The third-order valence-electron chi connectivity index (χ3n) is 2.11. The first-order valence-corrected chi connectivity index (χ1v) is 4.65. The number of hydrogen-bond acceptors (Lipinski definition) is 3. The Hall–Kier alpha value is -0.860. The molecule has 0 radical (unpaired) electrons. The quantitative estimate of drug-likeness (QED) is 0.582. The van der Waals surface area contributed by atoms with E-state index in [0.29, 0.717) is 12.8 Å². The van der Waals surface area contributed by atoms with Crippen LogP contribution in [-0.4, -0.2) is 17.9 Å². The van der Waals surface area contributed by atoms with Crippen LogP contribution in [0, 0.1) is 5.41 Å². The molecule has 1 rings (SSSR count). The average molecular weight is 184 g/mol. The van der Waals surface area contributed by atoms with Crippen LogP contribution in [0.15, 0.2) is 0 Å². The zero-order chi connectivity index (χ0) is 10.1. The minimum absolute atomic E-state index is 0.0672. The van der Waals surface area contributed by atoms with E-state index in [0.717, 1.165) is 6.42 Å². The van der Waals surface area contributed by atoms with Crippen molar-refractivity contribution in [3.63, 3.8) is 0 Å². The van der Waals surface area contributed by atoms with E-state index in [9.17, 15) is 9.59 Å². The summed E-state index contributed by atoms with van der Waals surface area (Å²) in [6, 6.07) is 0. The Bertz CT molecular complexity index is 225. The molecule has 0 aromatic heterocycles. The van der Waals surface area contributed by atoms with E-state index < -0.39 is 11.5 Å². The largest absolute Gasteiger partial charge is 0.454 e. The SMILES string of the molecule is CC(C)(C)C(=O)OC1CCCC1=O. The normalized spacial score (nSPS) is 23.3. The van der Waals surface area contributed by atoms with Crippen LogP contribution < -0.4 is 0 Å². The van der Waals surface area contributed by atoms with Crippen LogP contribution in [0.25, 0.3) is 0 Å². The van der Waals surface area contributed by atoms with Gasteiger partial charge in [0.25, 0.3) is 0 Å². The van der Waals surface area contributed by atoms with Gasteiger partial charge in [-0.25, -0.2) is 0 Å². The van der Waals surface area contributed by atoms with E-state index in [1.807, 2.05) is 0 Å². The molecule has 74 valence electrons. The highest BCUT2D eigenvalue weighted by Gasteiger charge is 2.32. The van der Waals surface area contributed by atoms with Crippen molar-refractivity contribution in [1.82, 2.24) is 0 Å². The van der Waals surface area contributed by atoms with Gasteiger partial charge in [-0.3, -0.25) is 9.59 Å². The summed E-state index contributed by atoms with van der Waals surface area (Å²) < 4.78 is 5.10. The van der Waals surface area contributed by atoms with E-state index in [2.05, 4.69) is 0 Å². The number of Topliss-reactive ketones (excluding diaryl/α,β-unsaturated/α-hetero) is 1. The van der Waals surface area contributed by atoms with Crippen molar-refractivity contribution >= 4 is 11.8 Å². The lowest BCUT2D eigenvalue weighted by Gasteiger charge is -2.19.